The second-order valence-electron chi connectivity index (χ2n) is 9.78. The molecular formula is C25H28F3NO4. The van der Waals surface area contributed by atoms with E-state index in [1.165, 1.54) is 12.1 Å². The number of ether oxygens (including phenoxy) is 2. The number of carbonyl (C=O) groups is 2. The first-order valence-corrected chi connectivity index (χ1v) is 11.2. The molecule has 4 rings (SSSR count). The molecule has 0 amide bonds. The molecule has 0 spiro atoms. The van der Waals surface area contributed by atoms with Crippen molar-refractivity contribution in [1.29, 1.82) is 0 Å². The Labute approximate surface area is 191 Å². The predicted molar refractivity (Wildman–Crippen MR) is 115 cm³/mol. The Morgan fingerprint density at radius 2 is 1.91 bits per heavy atom. The van der Waals surface area contributed by atoms with E-state index in [0.717, 1.165) is 25.0 Å². The molecule has 0 radical (unpaired) electrons. The molecule has 1 fully saturated rings. The zero-order chi connectivity index (χ0) is 24.0. The summed E-state index contributed by atoms with van der Waals surface area (Å²) in [7, 11) is 0. The molecule has 0 saturated carbocycles. The quantitative estimate of drug-likeness (QED) is 0.635. The molecule has 178 valence electrons. The molecule has 1 aromatic rings. The third-order valence-corrected chi connectivity index (χ3v) is 6.46. The minimum Gasteiger partial charge on any atom is -0.459 e. The minimum atomic E-state index is -4.48. The molecule has 3 aliphatic rings. The van der Waals surface area contributed by atoms with Crippen molar-refractivity contribution < 1.29 is 32.2 Å². The summed E-state index contributed by atoms with van der Waals surface area (Å²) in [4.78, 5) is 26.4. The van der Waals surface area contributed by atoms with E-state index in [1.54, 1.807) is 6.92 Å². The van der Waals surface area contributed by atoms with Crippen molar-refractivity contribution in [3.63, 3.8) is 0 Å². The highest BCUT2D eigenvalue weighted by atomic mass is 19.4. The van der Waals surface area contributed by atoms with Crippen LogP contribution in [0.25, 0.3) is 0 Å². The second-order valence-corrected chi connectivity index (χ2v) is 9.78. The highest BCUT2D eigenvalue weighted by Crippen LogP contribution is 2.47. The number of nitrogens with one attached hydrogen (secondary N) is 1. The number of dihydropyridines is 1. The first kappa shape index (κ1) is 23.5. The standard InChI is InChI=1S/C25H28F3NO4/c1-14-20(23(31)33-13-17-5-4-10-32-17)21(15-6-8-16(9-7-15)25(26,27)28)22-18(29-14)11-24(2,3)12-19(22)30/h6-9,17,21,29H,4-5,10-13H2,1-3H3. The van der Waals surface area contributed by atoms with Gasteiger partial charge >= 0.3 is 12.1 Å². The topological polar surface area (TPSA) is 64.6 Å². The van der Waals surface area contributed by atoms with Gasteiger partial charge in [-0.2, -0.15) is 13.2 Å². The molecule has 1 aliphatic carbocycles. The molecule has 2 atom stereocenters. The van der Waals surface area contributed by atoms with Gasteiger partial charge in [0.2, 0.25) is 0 Å². The average molecular weight is 463 g/mol. The van der Waals surface area contributed by atoms with Crippen LogP contribution in [0.15, 0.2) is 46.8 Å². The van der Waals surface area contributed by atoms with Gasteiger partial charge in [-0.15, -0.1) is 0 Å². The van der Waals surface area contributed by atoms with Crippen molar-refractivity contribution in [3.8, 4) is 0 Å². The number of hydrogen-bond acceptors (Lipinski definition) is 5. The number of Topliss-reactive ketones (excluding diaryl/α,β-unsaturated/α-hetero) is 1. The molecule has 1 saturated heterocycles. The number of hydrogen-bond donors (Lipinski definition) is 1. The lowest BCUT2D eigenvalue weighted by atomic mass is 9.68. The van der Waals surface area contributed by atoms with Crippen molar-refractivity contribution in [2.24, 2.45) is 5.41 Å². The van der Waals surface area contributed by atoms with E-state index in [2.05, 4.69) is 5.32 Å². The Kier molecular flexibility index (Phi) is 6.16. The molecule has 0 bridgehead atoms. The zero-order valence-corrected chi connectivity index (χ0v) is 19.0. The van der Waals surface area contributed by atoms with Gasteiger partial charge < -0.3 is 14.8 Å². The number of rotatable bonds is 4. The maximum atomic E-state index is 13.2. The molecule has 5 nitrogen and oxygen atoms in total. The largest absolute Gasteiger partial charge is 0.459 e. The SMILES string of the molecule is CC1=C(C(=O)OCC2CCCO2)C(c2ccc(C(F)(F)F)cc2)C2=C(CC(C)(C)CC2=O)N1. The lowest BCUT2D eigenvalue weighted by Crippen LogP contribution is -2.39. The van der Waals surface area contributed by atoms with Crippen LogP contribution in [0.4, 0.5) is 13.2 Å². The van der Waals surface area contributed by atoms with Gasteiger partial charge in [0.25, 0.3) is 0 Å². The second kappa shape index (κ2) is 8.63. The van der Waals surface area contributed by atoms with Crippen molar-refractivity contribution in [3.05, 3.63) is 57.9 Å². The average Bonchev–Trinajstić information content (AvgIpc) is 3.23. The van der Waals surface area contributed by atoms with Gasteiger partial charge in [-0.25, -0.2) is 4.79 Å². The molecule has 8 heteroatoms. The Morgan fingerprint density at radius 1 is 1.21 bits per heavy atom. The maximum absolute atomic E-state index is 13.2. The Balaban J connectivity index is 1.73. The number of carbonyl (C=O) groups excluding carboxylic acids is 2. The lowest BCUT2D eigenvalue weighted by Gasteiger charge is -2.39. The summed E-state index contributed by atoms with van der Waals surface area (Å²) < 4.78 is 50.4. The number of ketones is 1. The van der Waals surface area contributed by atoms with E-state index in [9.17, 15) is 22.8 Å². The Hall–Kier alpha value is -2.61. The summed E-state index contributed by atoms with van der Waals surface area (Å²) in [6.07, 6.45) is -2.04. The van der Waals surface area contributed by atoms with Crippen LogP contribution in [-0.4, -0.2) is 31.1 Å². The summed E-state index contributed by atoms with van der Waals surface area (Å²) in [5, 5.41) is 3.22. The van der Waals surface area contributed by atoms with Crippen molar-refractivity contribution in [1.82, 2.24) is 5.32 Å². The first-order valence-electron chi connectivity index (χ1n) is 11.2. The van der Waals surface area contributed by atoms with Crippen LogP contribution in [0.3, 0.4) is 0 Å². The molecule has 0 aromatic heterocycles. The van der Waals surface area contributed by atoms with Crippen molar-refractivity contribution in [2.45, 2.75) is 64.7 Å². The van der Waals surface area contributed by atoms with E-state index in [1.807, 2.05) is 13.8 Å². The monoisotopic (exact) mass is 463 g/mol. The summed E-state index contributed by atoms with van der Waals surface area (Å²) >= 11 is 0. The fourth-order valence-electron chi connectivity index (χ4n) is 4.93. The van der Waals surface area contributed by atoms with Gasteiger partial charge in [-0.05, 0) is 49.3 Å². The molecule has 33 heavy (non-hydrogen) atoms. The summed E-state index contributed by atoms with van der Waals surface area (Å²) in [5.74, 6) is -1.50. The third kappa shape index (κ3) is 4.86. The number of benzene rings is 1. The van der Waals surface area contributed by atoms with E-state index >= 15 is 0 Å². The fourth-order valence-corrected chi connectivity index (χ4v) is 4.93. The van der Waals surface area contributed by atoms with Gasteiger partial charge in [0.1, 0.15) is 6.61 Å². The predicted octanol–water partition coefficient (Wildman–Crippen LogP) is 5.03. The van der Waals surface area contributed by atoms with Crippen LogP contribution >= 0.6 is 0 Å². The van der Waals surface area contributed by atoms with Gasteiger partial charge in [-0.3, -0.25) is 4.79 Å². The Morgan fingerprint density at radius 3 is 2.52 bits per heavy atom. The van der Waals surface area contributed by atoms with E-state index in [4.69, 9.17) is 9.47 Å². The van der Waals surface area contributed by atoms with Gasteiger partial charge in [0, 0.05) is 35.9 Å². The first-order chi connectivity index (χ1) is 15.5. The van der Waals surface area contributed by atoms with E-state index in [-0.39, 0.29) is 29.5 Å². The molecule has 2 unspecified atom stereocenters. The number of alkyl halides is 3. The van der Waals surface area contributed by atoms with Gasteiger partial charge in [0.15, 0.2) is 5.78 Å². The molecule has 1 N–H and O–H groups in total. The molecule has 1 aromatic carbocycles. The molecular weight excluding hydrogens is 435 g/mol. The zero-order valence-electron chi connectivity index (χ0n) is 19.0. The van der Waals surface area contributed by atoms with Crippen LogP contribution < -0.4 is 5.32 Å². The summed E-state index contributed by atoms with van der Waals surface area (Å²) in [6, 6.07) is 4.66. The van der Waals surface area contributed by atoms with Crippen molar-refractivity contribution >= 4 is 11.8 Å². The van der Waals surface area contributed by atoms with Crippen LogP contribution in [0.2, 0.25) is 0 Å². The smallest absolute Gasteiger partial charge is 0.416 e. The number of esters is 1. The maximum Gasteiger partial charge on any atom is 0.416 e. The number of halogens is 3. The number of allylic oxidation sites excluding steroid dienone is 3. The van der Waals surface area contributed by atoms with Crippen LogP contribution in [-0.2, 0) is 25.2 Å². The minimum absolute atomic E-state index is 0.0994. The third-order valence-electron chi connectivity index (χ3n) is 6.46. The van der Waals surface area contributed by atoms with E-state index in [0.29, 0.717) is 42.0 Å². The van der Waals surface area contributed by atoms with Crippen molar-refractivity contribution in [2.75, 3.05) is 13.2 Å². The van der Waals surface area contributed by atoms with Crippen LogP contribution in [0, 0.1) is 5.41 Å². The van der Waals surface area contributed by atoms with Gasteiger partial charge in [0.05, 0.1) is 17.2 Å². The summed E-state index contributed by atoms with van der Waals surface area (Å²) in [6.45, 7) is 6.44. The summed E-state index contributed by atoms with van der Waals surface area (Å²) in [5.41, 5.74) is 1.35. The van der Waals surface area contributed by atoms with Gasteiger partial charge in [-0.1, -0.05) is 26.0 Å². The highest BCUT2D eigenvalue weighted by molar-refractivity contribution is 6.04. The molecule has 2 heterocycles. The fraction of sp³-hybridized carbons (Fsp3) is 0.520. The van der Waals surface area contributed by atoms with Crippen LogP contribution in [0.5, 0.6) is 0 Å². The van der Waals surface area contributed by atoms with E-state index < -0.39 is 23.6 Å². The lowest BCUT2D eigenvalue weighted by molar-refractivity contribution is -0.142. The molecule has 2 aliphatic heterocycles. The normalized spacial score (nSPS) is 25.1. The van der Waals surface area contributed by atoms with Crippen LogP contribution in [0.1, 0.15) is 63.5 Å². The Bertz CT molecular complexity index is 1020. The highest BCUT2D eigenvalue weighted by Gasteiger charge is 2.43.